The highest BCUT2D eigenvalue weighted by Crippen LogP contribution is 2.48. The summed E-state index contributed by atoms with van der Waals surface area (Å²) in [7, 11) is 0. The second kappa shape index (κ2) is 7.65. The molecule has 0 N–H and O–H groups in total. The van der Waals surface area contributed by atoms with E-state index in [9.17, 15) is 9.18 Å². The van der Waals surface area contributed by atoms with E-state index in [0.29, 0.717) is 25.4 Å². The standard InChI is InChI=1S/C20H19FN4O2/c21-16-9-7-14(8-10-16)17-13-18(17)20(26)27-12-4-11-25-23-19(22-24-25)15-5-2-1-3-6-15/h1-3,5-10,17-18H,4,11-13H2. The van der Waals surface area contributed by atoms with Crippen molar-refractivity contribution in [1.82, 2.24) is 20.2 Å². The third-order valence-corrected chi connectivity index (χ3v) is 4.62. The molecule has 1 aliphatic rings. The lowest BCUT2D eigenvalue weighted by atomic mass is 10.1. The zero-order chi connectivity index (χ0) is 18.6. The highest BCUT2D eigenvalue weighted by atomic mass is 19.1. The number of aromatic nitrogens is 4. The maximum atomic E-state index is 13.0. The topological polar surface area (TPSA) is 69.9 Å². The Morgan fingerprint density at radius 1 is 1.15 bits per heavy atom. The van der Waals surface area contributed by atoms with Crippen molar-refractivity contribution in [2.75, 3.05) is 6.61 Å². The van der Waals surface area contributed by atoms with Gasteiger partial charge in [-0.05, 0) is 35.2 Å². The van der Waals surface area contributed by atoms with Crippen molar-refractivity contribution in [2.24, 2.45) is 5.92 Å². The van der Waals surface area contributed by atoms with Crippen molar-refractivity contribution in [1.29, 1.82) is 0 Å². The number of hydrogen-bond acceptors (Lipinski definition) is 5. The van der Waals surface area contributed by atoms with Gasteiger partial charge in [0.2, 0.25) is 5.82 Å². The quantitative estimate of drug-likeness (QED) is 0.474. The summed E-state index contributed by atoms with van der Waals surface area (Å²) >= 11 is 0. The number of aryl methyl sites for hydroxylation is 1. The number of carbonyl (C=O) groups excluding carboxylic acids is 1. The summed E-state index contributed by atoms with van der Waals surface area (Å²) in [4.78, 5) is 13.6. The monoisotopic (exact) mass is 366 g/mol. The van der Waals surface area contributed by atoms with Gasteiger partial charge in [-0.2, -0.15) is 4.80 Å². The van der Waals surface area contributed by atoms with Crippen LogP contribution in [0.2, 0.25) is 0 Å². The van der Waals surface area contributed by atoms with E-state index in [1.54, 1.807) is 12.1 Å². The maximum absolute atomic E-state index is 13.0. The molecule has 138 valence electrons. The zero-order valence-corrected chi connectivity index (χ0v) is 14.7. The van der Waals surface area contributed by atoms with Gasteiger partial charge in [0.1, 0.15) is 5.82 Å². The van der Waals surface area contributed by atoms with Crippen molar-refractivity contribution >= 4 is 5.97 Å². The third kappa shape index (κ3) is 4.19. The number of hydrogen-bond donors (Lipinski definition) is 0. The largest absolute Gasteiger partial charge is 0.465 e. The van der Waals surface area contributed by atoms with Crippen LogP contribution in [0.15, 0.2) is 54.6 Å². The van der Waals surface area contributed by atoms with E-state index < -0.39 is 0 Å². The number of esters is 1. The Labute approximate surface area is 156 Å². The molecule has 2 aromatic carbocycles. The number of nitrogens with zero attached hydrogens (tertiary/aromatic N) is 4. The summed E-state index contributed by atoms with van der Waals surface area (Å²) in [5.74, 6) is 0.136. The van der Waals surface area contributed by atoms with E-state index in [4.69, 9.17) is 4.74 Å². The molecule has 3 aromatic rings. The van der Waals surface area contributed by atoms with E-state index in [0.717, 1.165) is 17.5 Å². The molecule has 1 fully saturated rings. The summed E-state index contributed by atoms with van der Waals surface area (Å²) in [5.41, 5.74) is 1.90. The van der Waals surface area contributed by atoms with Gasteiger partial charge in [-0.1, -0.05) is 42.5 Å². The van der Waals surface area contributed by atoms with E-state index in [1.807, 2.05) is 30.3 Å². The first-order valence-corrected chi connectivity index (χ1v) is 8.96. The van der Waals surface area contributed by atoms with Gasteiger partial charge in [0.15, 0.2) is 0 Å². The van der Waals surface area contributed by atoms with E-state index in [2.05, 4.69) is 15.4 Å². The van der Waals surface area contributed by atoms with Gasteiger partial charge >= 0.3 is 5.97 Å². The predicted molar refractivity (Wildman–Crippen MR) is 96.1 cm³/mol. The molecule has 2 unspecified atom stereocenters. The Kier molecular flexibility index (Phi) is 4.91. The zero-order valence-electron chi connectivity index (χ0n) is 14.7. The van der Waals surface area contributed by atoms with Crippen LogP contribution in [-0.4, -0.2) is 32.8 Å². The van der Waals surface area contributed by atoms with Crippen LogP contribution >= 0.6 is 0 Å². The van der Waals surface area contributed by atoms with Gasteiger partial charge in [0.05, 0.1) is 19.1 Å². The Morgan fingerprint density at radius 3 is 2.70 bits per heavy atom. The van der Waals surface area contributed by atoms with Crippen molar-refractivity contribution in [3.05, 3.63) is 66.0 Å². The van der Waals surface area contributed by atoms with E-state index in [-0.39, 0.29) is 23.6 Å². The molecule has 27 heavy (non-hydrogen) atoms. The van der Waals surface area contributed by atoms with Gasteiger partial charge in [0, 0.05) is 12.0 Å². The number of ether oxygens (including phenoxy) is 1. The van der Waals surface area contributed by atoms with Gasteiger partial charge in [-0.15, -0.1) is 10.2 Å². The number of benzene rings is 2. The predicted octanol–water partition coefficient (Wildman–Crippen LogP) is 3.22. The number of halogens is 1. The Bertz CT molecular complexity index is 911. The van der Waals surface area contributed by atoms with Crippen LogP contribution in [0.4, 0.5) is 4.39 Å². The van der Waals surface area contributed by atoms with Crippen molar-refractivity contribution in [3.63, 3.8) is 0 Å². The average Bonchev–Trinajstić information content (AvgIpc) is 3.36. The fourth-order valence-corrected chi connectivity index (χ4v) is 3.06. The van der Waals surface area contributed by atoms with E-state index >= 15 is 0 Å². The lowest BCUT2D eigenvalue weighted by Gasteiger charge is -2.04. The lowest BCUT2D eigenvalue weighted by molar-refractivity contribution is -0.145. The Morgan fingerprint density at radius 2 is 1.93 bits per heavy atom. The molecule has 0 aliphatic heterocycles. The second-order valence-electron chi connectivity index (χ2n) is 6.60. The molecular formula is C20H19FN4O2. The SMILES string of the molecule is O=C(OCCCn1nnc(-c2ccccc2)n1)C1CC1c1ccc(F)cc1. The highest BCUT2D eigenvalue weighted by Gasteiger charge is 2.45. The van der Waals surface area contributed by atoms with E-state index in [1.165, 1.54) is 16.9 Å². The van der Waals surface area contributed by atoms with Gasteiger partial charge in [-0.25, -0.2) is 4.39 Å². The molecule has 1 aromatic heterocycles. The van der Waals surface area contributed by atoms with Crippen LogP contribution in [0.3, 0.4) is 0 Å². The summed E-state index contributed by atoms with van der Waals surface area (Å²) < 4.78 is 18.3. The molecule has 7 heteroatoms. The lowest BCUT2D eigenvalue weighted by Crippen LogP contribution is -2.12. The molecule has 1 saturated carbocycles. The van der Waals surface area contributed by atoms with Crippen molar-refractivity contribution in [3.8, 4) is 11.4 Å². The molecule has 6 nitrogen and oxygen atoms in total. The number of carbonyl (C=O) groups is 1. The Balaban J connectivity index is 1.20. The van der Waals surface area contributed by atoms with Gasteiger partial charge < -0.3 is 4.74 Å². The first-order valence-electron chi connectivity index (χ1n) is 8.96. The molecule has 4 rings (SSSR count). The van der Waals surface area contributed by atoms with Crippen LogP contribution in [0, 0.1) is 11.7 Å². The molecule has 0 radical (unpaired) electrons. The molecule has 1 heterocycles. The third-order valence-electron chi connectivity index (χ3n) is 4.62. The molecule has 0 spiro atoms. The van der Waals surface area contributed by atoms with Crippen LogP contribution < -0.4 is 0 Å². The first kappa shape index (κ1) is 17.3. The minimum atomic E-state index is -0.268. The summed E-state index contributed by atoms with van der Waals surface area (Å²) in [6.07, 6.45) is 1.37. The molecule has 0 saturated heterocycles. The molecular weight excluding hydrogens is 347 g/mol. The normalized spacial score (nSPS) is 18.3. The molecule has 1 aliphatic carbocycles. The maximum Gasteiger partial charge on any atom is 0.309 e. The average molecular weight is 366 g/mol. The summed E-state index contributed by atoms with van der Waals surface area (Å²) in [5, 5.41) is 12.4. The summed E-state index contributed by atoms with van der Waals surface area (Å²) in [6.45, 7) is 0.840. The smallest absolute Gasteiger partial charge is 0.309 e. The molecule has 0 amide bonds. The number of tetrazole rings is 1. The molecule has 0 bridgehead atoms. The van der Waals surface area contributed by atoms with Crippen molar-refractivity contribution < 1.29 is 13.9 Å². The number of rotatable bonds is 7. The van der Waals surface area contributed by atoms with Crippen molar-refractivity contribution in [2.45, 2.75) is 25.3 Å². The van der Waals surface area contributed by atoms with Crippen LogP contribution in [0.1, 0.15) is 24.3 Å². The fraction of sp³-hybridized carbons (Fsp3) is 0.300. The minimum absolute atomic E-state index is 0.121. The van der Waals surface area contributed by atoms with Crippen LogP contribution in [-0.2, 0) is 16.1 Å². The van der Waals surface area contributed by atoms with Crippen LogP contribution in [0.25, 0.3) is 11.4 Å². The minimum Gasteiger partial charge on any atom is -0.465 e. The molecule has 2 atom stereocenters. The van der Waals surface area contributed by atoms with Gasteiger partial charge in [0.25, 0.3) is 0 Å². The van der Waals surface area contributed by atoms with Crippen LogP contribution in [0.5, 0.6) is 0 Å². The fourth-order valence-electron chi connectivity index (χ4n) is 3.06. The first-order chi connectivity index (χ1) is 13.2. The summed E-state index contributed by atoms with van der Waals surface area (Å²) in [6, 6.07) is 15.9. The van der Waals surface area contributed by atoms with Gasteiger partial charge in [-0.3, -0.25) is 4.79 Å². The highest BCUT2D eigenvalue weighted by molar-refractivity contribution is 5.77. The Hall–Kier alpha value is -3.09. The second-order valence-corrected chi connectivity index (χ2v) is 6.60.